The van der Waals surface area contributed by atoms with Gasteiger partial charge in [0.15, 0.2) is 11.5 Å². The Kier molecular flexibility index (Phi) is 6.00. The van der Waals surface area contributed by atoms with Gasteiger partial charge in [0.05, 0.1) is 0 Å². The summed E-state index contributed by atoms with van der Waals surface area (Å²) >= 11 is 0. The summed E-state index contributed by atoms with van der Waals surface area (Å²) < 4.78 is 33.3. The highest BCUT2D eigenvalue weighted by atomic mass is 19.1. The monoisotopic (exact) mass is 344 g/mol. The Morgan fingerprint density at radius 1 is 1.20 bits per heavy atom. The van der Waals surface area contributed by atoms with E-state index in [0.29, 0.717) is 5.57 Å². The second-order valence-corrected chi connectivity index (χ2v) is 4.85. The molecule has 1 aromatic heterocycles. The number of benzene rings is 1. The molecule has 1 amide bonds. The molecule has 1 heterocycles. The van der Waals surface area contributed by atoms with Gasteiger partial charge in [-0.25, -0.2) is 13.8 Å². The molecule has 6 heteroatoms. The highest BCUT2D eigenvalue weighted by Crippen LogP contribution is 2.31. The number of nitrogens with zero attached hydrogens (tertiary/aromatic N) is 1. The van der Waals surface area contributed by atoms with Crippen LogP contribution in [0.1, 0.15) is 36.5 Å². The predicted octanol–water partition coefficient (Wildman–Crippen LogP) is 4.64. The Labute approximate surface area is 144 Å². The predicted molar refractivity (Wildman–Crippen MR) is 92.6 cm³/mol. The van der Waals surface area contributed by atoms with Crippen LogP contribution in [-0.4, -0.2) is 10.9 Å². The maximum atomic E-state index is 13.9. The molecule has 130 valence electrons. The number of oxazole rings is 1. The molecule has 0 aliphatic heterocycles. The quantitative estimate of drug-likeness (QED) is 0.881. The van der Waals surface area contributed by atoms with Gasteiger partial charge in [0.1, 0.15) is 17.2 Å². The summed E-state index contributed by atoms with van der Waals surface area (Å²) in [6.07, 6.45) is 9.69. The lowest BCUT2D eigenvalue weighted by Gasteiger charge is -2.00. The van der Waals surface area contributed by atoms with E-state index in [1.807, 2.05) is 26.0 Å². The molecule has 25 heavy (non-hydrogen) atoms. The van der Waals surface area contributed by atoms with Crippen molar-refractivity contribution in [1.82, 2.24) is 4.98 Å². The maximum absolute atomic E-state index is 13.9. The Morgan fingerprint density at radius 2 is 1.88 bits per heavy atom. The summed E-state index contributed by atoms with van der Waals surface area (Å²) in [6, 6.07) is 3.40. The van der Waals surface area contributed by atoms with E-state index in [4.69, 9.17) is 10.2 Å². The third-order valence-electron chi connectivity index (χ3n) is 3.28. The fourth-order valence-electron chi connectivity index (χ4n) is 2.22. The minimum Gasteiger partial charge on any atom is -0.435 e. The Balaban J connectivity index is 0.00000109. The van der Waals surface area contributed by atoms with E-state index in [9.17, 15) is 13.6 Å². The van der Waals surface area contributed by atoms with Crippen molar-refractivity contribution in [2.24, 2.45) is 5.73 Å². The molecule has 1 aromatic carbocycles. The van der Waals surface area contributed by atoms with Crippen LogP contribution in [0.25, 0.3) is 17.0 Å². The van der Waals surface area contributed by atoms with E-state index < -0.39 is 23.1 Å². The maximum Gasteiger partial charge on any atom is 0.271 e. The number of carbonyl (C=O) groups is 1. The van der Waals surface area contributed by atoms with Crippen LogP contribution in [0, 0.1) is 11.6 Å². The smallest absolute Gasteiger partial charge is 0.271 e. The van der Waals surface area contributed by atoms with Gasteiger partial charge in [-0.05, 0) is 18.6 Å². The molecular formula is C19H18F2N2O2. The molecular weight excluding hydrogens is 326 g/mol. The van der Waals surface area contributed by atoms with E-state index in [1.54, 1.807) is 18.2 Å². The number of allylic oxidation sites excluding steroid dienone is 6. The Bertz CT molecular complexity index is 844. The summed E-state index contributed by atoms with van der Waals surface area (Å²) in [5.74, 6) is -2.75. The molecule has 2 N–H and O–H groups in total. The van der Waals surface area contributed by atoms with Gasteiger partial charge < -0.3 is 10.2 Å². The summed E-state index contributed by atoms with van der Waals surface area (Å²) in [5.41, 5.74) is 5.25. The Hall–Kier alpha value is -3.02. The van der Waals surface area contributed by atoms with Crippen molar-refractivity contribution in [3.63, 3.8) is 0 Å². The normalized spacial score (nSPS) is 12.9. The fraction of sp³-hybridized carbons (Fsp3) is 0.158. The zero-order chi connectivity index (χ0) is 18.4. The minimum atomic E-state index is -0.839. The van der Waals surface area contributed by atoms with Gasteiger partial charge in [0.25, 0.3) is 5.91 Å². The van der Waals surface area contributed by atoms with Gasteiger partial charge in [0, 0.05) is 5.57 Å². The van der Waals surface area contributed by atoms with Crippen LogP contribution in [0.2, 0.25) is 0 Å². The van der Waals surface area contributed by atoms with Gasteiger partial charge in [0.2, 0.25) is 5.89 Å². The molecule has 0 saturated carbocycles. The average Bonchev–Trinajstić information content (AvgIpc) is 2.85. The number of hydrogen-bond donors (Lipinski definition) is 1. The van der Waals surface area contributed by atoms with Crippen LogP contribution in [0.3, 0.4) is 0 Å². The number of hydrogen-bond acceptors (Lipinski definition) is 3. The zero-order valence-corrected chi connectivity index (χ0v) is 13.9. The summed E-state index contributed by atoms with van der Waals surface area (Å²) in [6.45, 7) is 4.00. The van der Waals surface area contributed by atoms with Crippen molar-refractivity contribution in [2.45, 2.75) is 20.3 Å². The minimum absolute atomic E-state index is 0.0814. The fourth-order valence-corrected chi connectivity index (χ4v) is 2.22. The number of primary amides is 1. The lowest BCUT2D eigenvalue weighted by molar-refractivity contribution is 0.0995. The topological polar surface area (TPSA) is 69.1 Å². The van der Waals surface area contributed by atoms with Crippen molar-refractivity contribution >= 4 is 11.5 Å². The lowest BCUT2D eigenvalue weighted by Crippen LogP contribution is -2.13. The van der Waals surface area contributed by atoms with Gasteiger partial charge in [-0.1, -0.05) is 50.3 Å². The molecule has 0 unspecified atom stereocenters. The van der Waals surface area contributed by atoms with E-state index in [1.165, 1.54) is 6.07 Å². The third-order valence-corrected chi connectivity index (χ3v) is 3.28. The standard InChI is InChI=1S/C17H12F2N2O2.C2H6/c18-11-8-5-9-12(19)13(11)17-21-14(16(20)22)15(23-17)10-6-3-1-2-4-7-10;1-2/h1,3-9H,2H2,(H2,20,22);1-2H3. The molecule has 4 nitrogen and oxygen atoms in total. The lowest BCUT2D eigenvalue weighted by atomic mass is 10.1. The number of rotatable bonds is 3. The highest BCUT2D eigenvalue weighted by Gasteiger charge is 2.24. The van der Waals surface area contributed by atoms with Crippen molar-refractivity contribution in [2.75, 3.05) is 0 Å². The summed E-state index contributed by atoms with van der Waals surface area (Å²) in [7, 11) is 0. The molecule has 3 rings (SSSR count). The Morgan fingerprint density at radius 3 is 2.52 bits per heavy atom. The number of aromatic nitrogens is 1. The van der Waals surface area contributed by atoms with Gasteiger partial charge in [-0.2, -0.15) is 0 Å². The first-order chi connectivity index (χ1) is 12.1. The largest absolute Gasteiger partial charge is 0.435 e. The number of amides is 1. The first-order valence-electron chi connectivity index (χ1n) is 7.86. The highest BCUT2D eigenvalue weighted by molar-refractivity contribution is 5.97. The van der Waals surface area contributed by atoms with Crippen LogP contribution in [0.15, 0.2) is 53.0 Å². The van der Waals surface area contributed by atoms with Crippen molar-refractivity contribution < 1.29 is 18.0 Å². The second kappa shape index (κ2) is 8.19. The van der Waals surface area contributed by atoms with Crippen molar-refractivity contribution in [1.29, 1.82) is 0 Å². The third kappa shape index (κ3) is 3.91. The van der Waals surface area contributed by atoms with Crippen LogP contribution < -0.4 is 5.73 Å². The van der Waals surface area contributed by atoms with Gasteiger partial charge in [-0.15, -0.1) is 0 Å². The van der Waals surface area contributed by atoms with Gasteiger partial charge in [-0.3, -0.25) is 4.79 Å². The molecule has 0 fully saturated rings. The SMILES string of the molecule is CC.NC(=O)c1nc(-c2c(F)cccc2F)oc1C1=CC=CCC=C1. The number of halogens is 2. The van der Waals surface area contributed by atoms with Crippen molar-refractivity contribution in [3.8, 4) is 11.5 Å². The molecule has 1 aliphatic rings. The molecule has 2 aromatic rings. The molecule has 0 atom stereocenters. The molecule has 0 radical (unpaired) electrons. The first kappa shape index (κ1) is 18.3. The van der Waals surface area contributed by atoms with Crippen LogP contribution in [0.4, 0.5) is 8.78 Å². The molecule has 1 aliphatic carbocycles. The van der Waals surface area contributed by atoms with Crippen molar-refractivity contribution in [3.05, 3.63) is 71.7 Å². The summed E-state index contributed by atoms with van der Waals surface area (Å²) in [5, 5.41) is 0. The zero-order valence-electron chi connectivity index (χ0n) is 13.9. The second-order valence-electron chi connectivity index (χ2n) is 4.85. The number of nitrogens with two attached hydrogens (primary N) is 1. The van der Waals surface area contributed by atoms with Crippen LogP contribution in [-0.2, 0) is 0 Å². The van der Waals surface area contributed by atoms with E-state index in [2.05, 4.69) is 4.98 Å². The number of carbonyl (C=O) groups excluding carboxylic acids is 1. The van der Waals surface area contributed by atoms with Gasteiger partial charge >= 0.3 is 0 Å². The molecule has 0 saturated heterocycles. The van der Waals surface area contributed by atoms with Crippen LogP contribution >= 0.6 is 0 Å². The summed E-state index contributed by atoms with van der Waals surface area (Å²) in [4.78, 5) is 15.5. The molecule has 0 bridgehead atoms. The van der Waals surface area contributed by atoms with Crippen LogP contribution in [0.5, 0.6) is 0 Å². The average molecular weight is 344 g/mol. The molecule has 0 spiro atoms. The van der Waals surface area contributed by atoms with E-state index >= 15 is 0 Å². The van der Waals surface area contributed by atoms with E-state index in [-0.39, 0.29) is 17.3 Å². The van der Waals surface area contributed by atoms with E-state index in [0.717, 1.165) is 18.6 Å². The first-order valence-corrected chi connectivity index (χ1v) is 7.86.